The van der Waals surface area contributed by atoms with E-state index in [0.717, 1.165) is 17.7 Å². The Morgan fingerprint density at radius 2 is 1.71 bits per heavy atom. The zero-order valence-corrected chi connectivity index (χ0v) is 11.7. The molecule has 0 bridgehead atoms. The number of aryl methyl sites for hydroxylation is 1. The Labute approximate surface area is 120 Å². The maximum atomic E-state index is 13.5. The van der Waals surface area contributed by atoms with E-state index >= 15 is 0 Å². The van der Waals surface area contributed by atoms with Gasteiger partial charge in [-0.15, -0.1) is 0 Å². The smallest absolute Gasteiger partial charge is 0.261 e. The Balaban J connectivity index is 2.45. The van der Waals surface area contributed by atoms with Gasteiger partial charge in [-0.2, -0.15) is 5.26 Å². The second-order valence-corrected chi connectivity index (χ2v) is 6.00. The SMILES string of the molecule is Cc1ccc(S(=O)(=O)Nc2ccc(F)c(F)c2C#N)cc1. The molecule has 0 aromatic heterocycles. The molecule has 0 heterocycles. The molecule has 0 spiro atoms. The van der Waals surface area contributed by atoms with Crippen molar-refractivity contribution in [3.05, 3.63) is 59.2 Å². The molecular weight excluding hydrogens is 298 g/mol. The van der Waals surface area contributed by atoms with Gasteiger partial charge in [-0.25, -0.2) is 17.2 Å². The fourth-order valence-corrected chi connectivity index (χ4v) is 2.74. The van der Waals surface area contributed by atoms with Gasteiger partial charge >= 0.3 is 0 Å². The van der Waals surface area contributed by atoms with Gasteiger partial charge in [0.05, 0.1) is 10.6 Å². The van der Waals surface area contributed by atoms with E-state index in [1.807, 2.05) is 0 Å². The number of rotatable bonds is 3. The second-order valence-electron chi connectivity index (χ2n) is 4.31. The van der Waals surface area contributed by atoms with Crippen molar-refractivity contribution in [2.75, 3.05) is 4.72 Å². The first kappa shape index (κ1) is 14.9. The van der Waals surface area contributed by atoms with Crippen molar-refractivity contribution >= 4 is 15.7 Å². The molecule has 0 aliphatic carbocycles. The summed E-state index contributed by atoms with van der Waals surface area (Å²) in [5.41, 5.74) is -0.123. The second kappa shape index (κ2) is 5.50. The van der Waals surface area contributed by atoms with Crippen LogP contribution in [-0.2, 0) is 10.0 Å². The topological polar surface area (TPSA) is 70.0 Å². The van der Waals surface area contributed by atoms with Gasteiger partial charge in [0.15, 0.2) is 11.6 Å². The van der Waals surface area contributed by atoms with Crippen LogP contribution in [0.5, 0.6) is 0 Å². The lowest BCUT2D eigenvalue weighted by Gasteiger charge is -2.10. The van der Waals surface area contributed by atoms with Gasteiger partial charge in [0.25, 0.3) is 10.0 Å². The van der Waals surface area contributed by atoms with Gasteiger partial charge in [-0.1, -0.05) is 17.7 Å². The molecule has 4 nitrogen and oxygen atoms in total. The Kier molecular flexibility index (Phi) is 3.91. The van der Waals surface area contributed by atoms with E-state index in [4.69, 9.17) is 5.26 Å². The molecule has 0 amide bonds. The molecule has 2 aromatic rings. The number of halogens is 2. The third-order valence-electron chi connectivity index (χ3n) is 2.78. The van der Waals surface area contributed by atoms with Crippen LogP contribution in [0.1, 0.15) is 11.1 Å². The van der Waals surface area contributed by atoms with Crippen LogP contribution in [0, 0.1) is 29.9 Å². The highest BCUT2D eigenvalue weighted by Crippen LogP contribution is 2.23. The minimum Gasteiger partial charge on any atom is -0.278 e. The highest BCUT2D eigenvalue weighted by Gasteiger charge is 2.19. The minimum absolute atomic E-state index is 0.0401. The highest BCUT2D eigenvalue weighted by molar-refractivity contribution is 7.92. The Bertz CT molecular complexity index is 825. The number of sulfonamides is 1. The van der Waals surface area contributed by atoms with Crippen molar-refractivity contribution in [2.45, 2.75) is 11.8 Å². The number of nitrogens with zero attached hydrogens (tertiary/aromatic N) is 1. The maximum absolute atomic E-state index is 13.5. The zero-order valence-electron chi connectivity index (χ0n) is 10.9. The number of anilines is 1. The van der Waals surface area contributed by atoms with Crippen LogP contribution in [0.3, 0.4) is 0 Å². The van der Waals surface area contributed by atoms with Crippen molar-refractivity contribution < 1.29 is 17.2 Å². The normalized spacial score (nSPS) is 11.0. The van der Waals surface area contributed by atoms with Crippen molar-refractivity contribution in [3.63, 3.8) is 0 Å². The van der Waals surface area contributed by atoms with Crippen LogP contribution in [0.25, 0.3) is 0 Å². The first-order valence-electron chi connectivity index (χ1n) is 5.83. The molecular formula is C14H10F2N2O2S. The fraction of sp³-hybridized carbons (Fsp3) is 0.0714. The number of hydrogen-bond acceptors (Lipinski definition) is 3. The summed E-state index contributed by atoms with van der Waals surface area (Å²) in [6.07, 6.45) is 0. The molecule has 108 valence electrons. The lowest BCUT2D eigenvalue weighted by Crippen LogP contribution is -2.14. The molecule has 0 fully saturated rings. The molecule has 2 rings (SSSR count). The molecule has 1 N–H and O–H groups in total. The number of benzene rings is 2. The van der Waals surface area contributed by atoms with Crippen LogP contribution in [0.15, 0.2) is 41.3 Å². The van der Waals surface area contributed by atoms with Crippen LogP contribution in [0.4, 0.5) is 14.5 Å². The third-order valence-corrected chi connectivity index (χ3v) is 4.16. The molecule has 0 aliphatic heterocycles. The van der Waals surface area contributed by atoms with Gasteiger partial charge in [-0.05, 0) is 31.2 Å². The Hall–Kier alpha value is -2.46. The molecule has 0 radical (unpaired) electrons. The summed E-state index contributed by atoms with van der Waals surface area (Å²) in [5, 5.41) is 8.84. The first-order chi connectivity index (χ1) is 9.85. The third kappa shape index (κ3) is 3.01. The van der Waals surface area contributed by atoms with Crippen LogP contribution in [-0.4, -0.2) is 8.42 Å². The van der Waals surface area contributed by atoms with E-state index in [1.54, 1.807) is 19.1 Å². The predicted molar refractivity (Wildman–Crippen MR) is 73.1 cm³/mol. The first-order valence-corrected chi connectivity index (χ1v) is 7.31. The fourth-order valence-electron chi connectivity index (χ4n) is 1.67. The number of nitriles is 1. The summed E-state index contributed by atoms with van der Waals surface area (Å²) in [6.45, 7) is 1.80. The van der Waals surface area contributed by atoms with E-state index in [1.165, 1.54) is 18.2 Å². The van der Waals surface area contributed by atoms with Crippen molar-refractivity contribution in [3.8, 4) is 6.07 Å². The summed E-state index contributed by atoms with van der Waals surface area (Å²) in [4.78, 5) is -0.0401. The maximum Gasteiger partial charge on any atom is 0.261 e. The standard InChI is InChI=1S/C14H10F2N2O2S/c1-9-2-4-10(5-3-9)21(19,20)18-13-7-6-12(15)14(16)11(13)8-17/h2-7,18H,1H3. The molecule has 0 unspecified atom stereocenters. The average Bonchev–Trinajstić information content (AvgIpc) is 2.43. The molecule has 0 aliphatic rings. The van der Waals surface area contributed by atoms with Crippen LogP contribution in [0.2, 0.25) is 0 Å². The molecule has 21 heavy (non-hydrogen) atoms. The van der Waals surface area contributed by atoms with E-state index in [-0.39, 0.29) is 10.6 Å². The summed E-state index contributed by atoms with van der Waals surface area (Å²) < 4.78 is 52.9. The van der Waals surface area contributed by atoms with Crippen LogP contribution < -0.4 is 4.72 Å². The van der Waals surface area contributed by atoms with Crippen LogP contribution >= 0.6 is 0 Å². The van der Waals surface area contributed by atoms with Crippen molar-refractivity contribution in [1.29, 1.82) is 5.26 Å². The van der Waals surface area contributed by atoms with Gasteiger partial charge < -0.3 is 0 Å². The minimum atomic E-state index is -3.98. The van der Waals surface area contributed by atoms with Gasteiger partial charge in [0, 0.05) is 0 Å². The highest BCUT2D eigenvalue weighted by atomic mass is 32.2. The summed E-state index contributed by atoms with van der Waals surface area (Å²) >= 11 is 0. The number of nitrogens with one attached hydrogen (secondary N) is 1. The molecule has 0 atom stereocenters. The Morgan fingerprint density at radius 1 is 1.10 bits per heavy atom. The molecule has 0 saturated heterocycles. The average molecular weight is 308 g/mol. The number of hydrogen-bond donors (Lipinski definition) is 1. The molecule has 2 aromatic carbocycles. The Morgan fingerprint density at radius 3 is 2.29 bits per heavy atom. The van der Waals surface area contributed by atoms with Gasteiger partial charge in [-0.3, -0.25) is 4.72 Å². The van der Waals surface area contributed by atoms with E-state index in [0.29, 0.717) is 0 Å². The lowest BCUT2D eigenvalue weighted by atomic mass is 10.2. The van der Waals surface area contributed by atoms with Crippen molar-refractivity contribution in [2.24, 2.45) is 0 Å². The molecule has 0 saturated carbocycles. The van der Waals surface area contributed by atoms with E-state index in [2.05, 4.69) is 4.72 Å². The molecule has 7 heteroatoms. The van der Waals surface area contributed by atoms with E-state index < -0.39 is 27.2 Å². The zero-order chi connectivity index (χ0) is 15.6. The predicted octanol–water partition coefficient (Wildman–Crippen LogP) is 2.95. The summed E-state index contributed by atoms with van der Waals surface area (Å²) in [6, 6.07) is 9.16. The van der Waals surface area contributed by atoms with E-state index in [9.17, 15) is 17.2 Å². The monoisotopic (exact) mass is 308 g/mol. The summed E-state index contributed by atoms with van der Waals surface area (Å²) in [7, 11) is -3.98. The quantitative estimate of drug-likeness (QED) is 0.947. The summed E-state index contributed by atoms with van der Waals surface area (Å²) in [5.74, 6) is -2.61. The lowest BCUT2D eigenvalue weighted by molar-refractivity contribution is 0.507. The van der Waals surface area contributed by atoms with Gasteiger partial charge in [0.1, 0.15) is 11.6 Å². The van der Waals surface area contributed by atoms with Gasteiger partial charge in [0.2, 0.25) is 0 Å². The largest absolute Gasteiger partial charge is 0.278 e. The van der Waals surface area contributed by atoms with Crippen molar-refractivity contribution in [1.82, 2.24) is 0 Å².